The number of aliphatic imine (C=N–C) groups is 1. The second-order valence-corrected chi connectivity index (χ2v) is 8.09. The first-order chi connectivity index (χ1) is 14.2. The van der Waals surface area contributed by atoms with Crippen molar-refractivity contribution in [3.8, 4) is 0 Å². The van der Waals surface area contributed by atoms with Crippen LogP contribution in [0.15, 0.2) is 47.6 Å². The highest BCUT2D eigenvalue weighted by atomic mass is 16.5. The Morgan fingerprint density at radius 3 is 2.41 bits per heavy atom. The Labute approximate surface area is 173 Å². The van der Waals surface area contributed by atoms with E-state index in [1.807, 2.05) is 12.3 Å². The van der Waals surface area contributed by atoms with E-state index in [0.717, 1.165) is 37.7 Å². The van der Waals surface area contributed by atoms with Crippen LogP contribution in [-0.2, 0) is 0 Å². The summed E-state index contributed by atoms with van der Waals surface area (Å²) in [6.07, 6.45) is 8.49. The van der Waals surface area contributed by atoms with E-state index in [-0.39, 0.29) is 0 Å². The van der Waals surface area contributed by atoms with Gasteiger partial charge in [-0.25, -0.2) is 15.5 Å². The molecular weight excluding hydrogens is 362 g/mol. The summed E-state index contributed by atoms with van der Waals surface area (Å²) in [5.74, 6) is 2.24. The normalized spacial score (nSPS) is 18.8. The van der Waals surface area contributed by atoms with Crippen LogP contribution in [0.3, 0.4) is 0 Å². The monoisotopic (exact) mass is 393 g/mol. The number of guanidine groups is 1. The maximum atomic E-state index is 9.68. The molecule has 2 heterocycles. The Morgan fingerprint density at radius 2 is 1.76 bits per heavy atom. The molecule has 2 aliphatic rings. The van der Waals surface area contributed by atoms with Gasteiger partial charge in [-0.1, -0.05) is 37.5 Å². The van der Waals surface area contributed by atoms with Gasteiger partial charge in [-0.15, -0.1) is 0 Å². The maximum absolute atomic E-state index is 9.68. The van der Waals surface area contributed by atoms with Crippen molar-refractivity contribution < 1.29 is 5.21 Å². The number of hydrogen-bond donors (Lipinski definition) is 2. The summed E-state index contributed by atoms with van der Waals surface area (Å²) in [5.41, 5.74) is 5.78. The average Bonchev–Trinajstić information content (AvgIpc) is 2.79. The van der Waals surface area contributed by atoms with Gasteiger partial charge < -0.3 is 9.80 Å². The summed E-state index contributed by atoms with van der Waals surface area (Å²) < 4.78 is 0. The summed E-state index contributed by atoms with van der Waals surface area (Å²) in [6, 6.07) is 12.6. The molecule has 4 rings (SSSR count). The summed E-state index contributed by atoms with van der Waals surface area (Å²) in [7, 11) is 0. The van der Waals surface area contributed by atoms with E-state index in [1.165, 1.54) is 43.2 Å². The molecule has 1 saturated carbocycles. The van der Waals surface area contributed by atoms with Crippen molar-refractivity contribution in [1.82, 2.24) is 15.4 Å². The number of hydroxylamine groups is 1. The molecule has 1 aromatic heterocycles. The fraction of sp³-hybridized carbons (Fsp3) is 0.478. The van der Waals surface area contributed by atoms with E-state index < -0.39 is 0 Å². The van der Waals surface area contributed by atoms with Crippen molar-refractivity contribution in [3.05, 3.63) is 53.7 Å². The van der Waals surface area contributed by atoms with Crippen LogP contribution in [-0.4, -0.2) is 47.2 Å². The van der Waals surface area contributed by atoms with Gasteiger partial charge >= 0.3 is 0 Å². The minimum Gasteiger partial charge on any atom is -0.353 e. The molecule has 0 radical (unpaired) electrons. The van der Waals surface area contributed by atoms with Crippen LogP contribution in [0.25, 0.3) is 0 Å². The number of nitrogens with zero attached hydrogens (tertiary/aromatic N) is 4. The van der Waals surface area contributed by atoms with Crippen LogP contribution in [0, 0.1) is 6.92 Å². The summed E-state index contributed by atoms with van der Waals surface area (Å²) >= 11 is 0. The summed E-state index contributed by atoms with van der Waals surface area (Å²) in [6.45, 7) is 5.34. The number of pyridine rings is 1. The molecule has 1 aromatic carbocycles. The van der Waals surface area contributed by atoms with Crippen molar-refractivity contribution >= 4 is 17.5 Å². The topological polar surface area (TPSA) is 64.0 Å². The van der Waals surface area contributed by atoms with E-state index >= 15 is 0 Å². The highest BCUT2D eigenvalue weighted by Crippen LogP contribution is 2.33. The van der Waals surface area contributed by atoms with Crippen molar-refractivity contribution in [3.63, 3.8) is 0 Å². The number of nitrogens with one attached hydrogen (secondary N) is 1. The zero-order valence-electron chi connectivity index (χ0n) is 17.2. The van der Waals surface area contributed by atoms with Gasteiger partial charge in [0.1, 0.15) is 5.82 Å². The van der Waals surface area contributed by atoms with Gasteiger partial charge in [0.2, 0.25) is 5.96 Å². The number of anilines is 1. The Kier molecular flexibility index (Phi) is 6.30. The van der Waals surface area contributed by atoms with Crippen molar-refractivity contribution in [1.29, 1.82) is 0 Å². The number of hydrogen-bond acceptors (Lipinski definition) is 4. The molecule has 0 atom stereocenters. The molecule has 154 valence electrons. The fourth-order valence-electron chi connectivity index (χ4n) is 4.48. The van der Waals surface area contributed by atoms with Gasteiger partial charge in [-0.3, -0.25) is 5.21 Å². The zero-order valence-corrected chi connectivity index (χ0v) is 17.2. The predicted octanol–water partition coefficient (Wildman–Crippen LogP) is 4.23. The second-order valence-electron chi connectivity index (χ2n) is 8.09. The van der Waals surface area contributed by atoms with Crippen molar-refractivity contribution in [2.24, 2.45) is 4.99 Å². The van der Waals surface area contributed by atoms with Crippen LogP contribution < -0.4 is 10.4 Å². The molecular formula is C23H31N5O. The number of rotatable bonds is 3. The lowest BCUT2D eigenvalue weighted by Gasteiger charge is -2.37. The lowest BCUT2D eigenvalue weighted by atomic mass is 9.84. The molecule has 29 heavy (non-hydrogen) atoms. The summed E-state index contributed by atoms with van der Waals surface area (Å²) in [5, 5.41) is 9.68. The van der Waals surface area contributed by atoms with E-state index in [9.17, 15) is 5.21 Å². The van der Waals surface area contributed by atoms with Crippen molar-refractivity contribution in [2.45, 2.75) is 44.9 Å². The van der Waals surface area contributed by atoms with Crippen LogP contribution in [0.5, 0.6) is 0 Å². The molecule has 1 aliphatic heterocycles. The molecule has 6 nitrogen and oxygen atoms in total. The molecule has 6 heteroatoms. The minimum atomic E-state index is 0.507. The highest BCUT2D eigenvalue weighted by molar-refractivity contribution is 5.82. The Morgan fingerprint density at radius 1 is 1.03 bits per heavy atom. The number of benzene rings is 1. The largest absolute Gasteiger partial charge is 0.353 e. The quantitative estimate of drug-likeness (QED) is 0.464. The number of aromatic nitrogens is 1. The fourth-order valence-corrected chi connectivity index (χ4v) is 4.48. The van der Waals surface area contributed by atoms with Gasteiger partial charge in [0.05, 0.1) is 5.69 Å². The third-order valence-electron chi connectivity index (χ3n) is 6.17. The molecule has 1 saturated heterocycles. The van der Waals surface area contributed by atoms with E-state index in [1.54, 1.807) is 0 Å². The minimum absolute atomic E-state index is 0.507. The Hall–Kier alpha value is -2.60. The SMILES string of the molecule is Cc1cccnc1N1CCN(C(=Nc2ccc(C3CCCCC3)cc2)NO)CC1. The number of aryl methyl sites for hydroxylation is 1. The molecule has 2 N–H and O–H groups in total. The van der Waals surface area contributed by atoms with Gasteiger partial charge in [0.15, 0.2) is 0 Å². The smallest absolute Gasteiger partial charge is 0.223 e. The van der Waals surface area contributed by atoms with Crippen LogP contribution in [0.1, 0.15) is 49.1 Å². The standard InChI is InChI=1S/C23H31N5O/c1-18-6-5-13-24-22(18)27-14-16-28(17-15-27)23(26-29)25-21-11-9-20(10-12-21)19-7-3-2-4-8-19/h5-6,9-13,19,29H,2-4,7-8,14-17H2,1H3,(H,25,26). The first-order valence-corrected chi connectivity index (χ1v) is 10.7. The maximum Gasteiger partial charge on any atom is 0.223 e. The molecule has 0 unspecified atom stereocenters. The van der Waals surface area contributed by atoms with Crippen LogP contribution in [0.2, 0.25) is 0 Å². The average molecular weight is 394 g/mol. The first kappa shape index (κ1) is 19.7. The first-order valence-electron chi connectivity index (χ1n) is 10.7. The van der Waals surface area contributed by atoms with Crippen molar-refractivity contribution in [2.75, 3.05) is 31.1 Å². The van der Waals surface area contributed by atoms with E-state index in [2.05, 4.69) is 62.5 Å². The Bertz CT molecular complexity index is 821. The third-order valence-corrected chi connectivity index (χ3v) is 6.17. The van der Waals surface area contributed by atoms with E-state index in [4.69, 9.17) is 0 Å². The highest BCUT2D eigenvalue weighted by Gasteiger charge is 2.22. The van der Waals surface area contributed by atoms with Gasteiger partial charge in [0.25, 0.3) is 0 Å². The van der Waals surface area contributed by atoms with Crippen LogP contribution in [0.4, 0.5) is 11.5 Å². The number of piperazine rings is 1. The van der Waals surface area contributed by atoms with Gasteiger partial charge in [-0.05, 0) is 55.0 Å². The van der Waals surface area contributed by atoms with Gasteiger partial charge in [-0.2, -0.15) is 0 Å². The second kappa shape index (κ2) is 9.27. The van der Waals surface area contributed by atoms with Crippen LogP contribution >= 0.6 is 0 Å². The predicted molar refractivity (Wildman–Crippen MR) is 117 cm³/mol. The lowest BCUT2D eigenvalue weighted by Crippen LogP contribution is -2.52. The molecule has 2 fully saturated rings. The molecule has 1 aliphatic carbocycles. The Balaban J connectivity index is 1.40. The molecule has 2 aromatic rings. The zero-order chi connectivity index (χ0) is 20.1. The van der Waals surface area contributed by atoms with Gasteiger partial charge in [0, 0.05) is 32.4 Å². The summed E-state index contributed by atoms with van der Waals surface area (Å²) in [4.78, 5) is 13.5. The molecule has 0 bridgehead atoms. The lowest BCUT2D eigenvalue weighted by molar-refractivity contribution is 0.207. The molecule has 0 amide bonds. The molecule has 0 spiro atoms. The third kappa shape index (κ3) is 4.70. The van der Waals surface area contributed by atoms with E-state index in [0.29, 0.717) is 11.9 Å².